The predicted octanol–water partition coefficient (Wildman–Crippen LogP) is 1.78. The fourth-order valence-electron chi connectivity index (χ4n) is 1.46. The standard InChI is InChI=1S/C11H15ClN4O3/c1-3-15(11(14-19-2)8-16(17)18)7-9-4-5-10(12)13-6-9/h4-6,8,14H,3,7H2,1-2H3/b11-8-. The maximum atomic E-state index is 10.6. The lowest BCUT2D eigenvalue weighted by Crippen LogP contribution is -2.31. The van der Waals surface area contributed by atoms with Crippen LogP contribution in [0.4, 0.5) is 0 Å². The second-order valence-corrected chi connectivity index (χ2v) is 4.00. The van der Waals surface area contributed by atoms with Gasteiger partial charge in [0, 0.05) is 19.3 Å². The van der Waals surface area contributed by atoms with Gasteiger partial charge in [0.1, 0.15) is 5.15 Å². The summed E-state index contributed by atoms with van der Waals surface area (Å²) in [5, 5.41) is 11.0. The minimum Gasteiger partial charge on any atom is -0.347 e. The number of hydrogen-bond acceptors (Lipinski definition) is 6. The first-order valence-electron chi connectivity index (χ1n) is 5.56. The Balaban J connectivity index is 2.85. The fourth-order valence-corrected chi connectivity index (χ4v) is 1.58. The van der Waals surface area contributed by atoms with Gasteiger partial charge in [0.25, 0.3) is 6.20 Å². The SMILES string of the molecule is CCN(Cc1ccc(Cl)nc1)/C(=C\[N+](=O)[O-])NOC. The molecular weight excluding hydrogens is 272 g/mol. The molecule has 0 fully saturated rings. The zero-order chi connectivity index (χ0) is 14.3. The molecule has 0 aliphatic heterocycles. The van der Waals surface area contributed by atoms with Crippen LogP contribution in [0.2, 0.25) is 5.15 Å². The Hall–Kier alpha value is -1.86. The largest absolute Gasteiger partial charge is 0.347 e. The number of nitrogens with zero attached hydrogens (tertiary/aromatic N) is 3. The summed E-state index contributed by atoms with van der Waals surface area (Å²) in [6.45, 7) is 2.91. The van der Waals surface area contributed by atoms with Gasteiger partial charge in [0.05, 0.1) is 12.0 Å². The number of hydroxylamine groups is 1. The Kier molecular flexibility index (Phi) is 6.04. The molecule has 0 saturated heterocycles. The van der Waals surface area contributed by atoms with Gasteiger partial charge in [-0.25, -0.2) is 10.5 Å². The average molecular weight is 287 g/mol. The molecule has 1 rings (SSSR count). The first-order valence-corrected chi connectivity index (χ1v) is 5.94. The summed E-state index contributed by atoms with van der Waals surface area (Å²) in [4.78, 5) is 20.5. The van der Waals surface area contributed by atoms with E-state index in [0.29, 0.717) is 18.2 Å². The van der Waals surface area contributed by atoms with E-state index in [0.717, 1.165) is 11.8 Å². The van der Waals surface area contributed by atoms with Crippen molar-refractivity contribution in [1.29, 1.82) is 0 Å². The molecular formula is C11H15ClN4O3. The number of halogens is 1. The van der Waals surface area contributed by atoms with Crippen LogP contribution in [0.5, 0.6) is 0 Å². The van der Waals surface area contributed by atoms with E-state index in [1.54, 1.807) is 17.2 Å². The topological polar surface area (TPSA) is 80.5 Å². The van der Waals surface area contributed by atoms with Crippen molar-refractivity contribution >= 4 is 11.6 Å². The van der Waals surface area contributed by atoms with E-state index in [4.69, 9.17) is 16.4 Å². The molecule has 0 spiro atoms. The van der Waals surface area contributed by atoms with Crippen LogP contribution >= 0.6 is 11.6 Å². The molecule has 0 atom stereocenters. The Labute approximate surface area is 115 Å². The van der Waals surface area contributed by atoms with Crippen LogP contribution in [0, 0.1) is 10.1 Å². The summed E-state index contributed by atoms with van der Waals surface area (Å²) in [6, 6.07) is 3.49. The maximum absolute atomic E-state index is 10.6. The summed E-state index contributed by atoms with van der Waals surface area (Å²) >= 11 is 5.71. The molecule has 0 aromatic carbocycles. The zero-order valence-electron chi connectivity index (χ0n) is 10.7. The smallest absolute Gasteiger partial charge is 0.276 e. The number of rotatable bonds is 7. The lowest BCUT2D eigenvalue weighted by Gasteiger charge is -2.23. The van der Waals surface area contributed by atoms with Gasteiger partial charge in [-0.3, -0.25) is 15.0 Å². The van der Waals surface area contributed by atoms with Crippen LogP contribution in [0.3, 0.4) is 0 Å². The molecule has 1 N–H and O–H groups in total. The van der Waals surface area contributed by atoms with E-state index in [1.807, 2.05) is 13.0 Å². The first kappa shape index (κ1) is 15.2. The van der Waals surface area contributed by atoms with Gasteiger partial charge in [-0.1, -0.05) is 17.7 Å². The van der Waals surface area contributed by atoms with Crippen molar-refractivity contribution in [3.8, 4) is 0 Å². The van der Waals surface area contributed by atoms with Crippen molar-refractivity contribution < 1.29 is 9.76 Å². The molecule has 0 aliphatic rings. The van der Waals surface area contributed by atoms with Crippen LogP contribution in [-0.2, 0) is 11.4 Å². The third kappa shape index (κ3) is 5.11. The molecule has 0 aliphatic carbocycles. The second-order valence-electron chi connectivity index (χ2n) is 3.61. The molecule has 19 heavy (non-hydrogen) atoms. The van der Waals surface area contributed by atoms with E-state index in [9.17, 15) is 10.1 Å². The fraction of sp³-hybridized carbons (Fsp3) is 0.364. The monoisotopic (exact) mass is 286 g/mol. The minimum absolute atomic E-state index is 0.268. The quantitative estimate of drug-likeness (QED) is 0.467. The summed E-state index contributed by atoms with van der Waals surface area (Å²) in [5.41, 5.74) is 3.38. The molecule has 1 aromatic rings. The lowest BCUT2D eigenvalue weighted by molar-refractivity contribution is -0.405. The van der Waals surface area contributed by atoms with Crippen molar-refractivity contribution in [3.63, 3.8) is 0 Å². The molecule has 0 amide bonds. The molecule has 0 unspecified atom stereocenters. The normalized spacial score (nSPS) is 11.2. The molecule has 0 bridgehead atoms. The highest BCUT2D eigenvalue weighted by Crippen LogP contribution is 2.11. The first-order chi connectivity index (χ1) is 9.06. The number of pyridine rings is 1. The Morgan fingerprint density at radius 3 is 2.89 bits per heavy atom. The van der Waals surface area contributed by atoms with Crippen LogP contribution in [0.15, 0.2) is 30.4 Å². The highest BCUT2D eigenvalue weighted by atomic mass is 35.5. The molecule has 0 radical (unpaired) electrons. The van der Waals surface area contributed by atoms with Gasteiger partial charge < -0.3 is 4.90 Å². The van der Waals surface area contributed by atoms with Gasteiger partial charge in [-0.15, -0.1) is 0 Å². The third-order valence-corrected chi connectivity index (χ3v) is 2.54. The van der Waals surface area contributed by atoms with Gasteiger partial charge in [0.2, 0.25) is 0 Å². The van der Waals surface area contributed by atoms with E-state index in [2.05, 4.69) is 10.5 Å². The van der Waals surface area contributed by atoms with Crippen LogP contribution in [0.1, 0.15) is 12.5 Å². The van der Waals surface area contributed by atoms with Crippen molar-refractivity contribution in [1.82, 2.24) is 15.4 Å². The van der Waals surface area contributed by atoms with Crippen LogP contribution in [0.25, 0.3) is 0 Å². The van der Waals surface area contributed by atoms with Crippen LogP contribution in [-0.4, -0.2) is 28.5 Å². The van der Waals surface area contributed by atoms with Crippen molar-refractivity contribution in [2.45, 2.75) is 13.5 Å². The molecule has 104 valence electrons. The van der Waals surface area contributed by atoms with E-state index >= 15 is 0 Å². The number of nitrogens with one attached hydrogen (secondary N) is 1. The Morgan fingerprint density at radius 1 is 1.68 bits per heavy atom. The summed E-state index contributed by atoms with van der Waals surface area (Å²) in [6.07, 6.45) is 2.48. The highest BCUT2D eigenvalue weighted by Gasteiger charge is 2.12. The molecule has 7 nitrogen and oxygen atoms in total. The average Bonchev–Trinajstić information content (AvgIpc) is 2.37. The van der Waals surface area contributed by atoms with Gasteiger partial charge in [0.15, 0.2) is 5.82 Å². The van der Waals surface area contributed by atoms with Gasteiger partial charge in [-0.2, -0.15) is 0 Å². The second kappa shape index (κ2) is 7.55. The molecule has 1 heterocycles. The van der Waals surface area contributed by atoms with Crippen LogP contribution < -0.4 is 5.48 Å². The third-order valence-electron chi connectivity index (χ3n) is 2.32. The lowest BCUT2D eigenvalue weighted by atomic mass is 10.2. The molecule has 1 aromatic heterocycles. The number of nitro groups is 1. The zero-order valence-corrected chi connectivity index (χ0v) is 11.4. The molecule has 8 heteroatoms. The van der Waals surface area contributed by atoms with Crippen molar-refractivity contribution in [3.05, 3.63) is 51.2 Å². The van der Waals surface area contributed by atoms with E-state index in [1.165, 1.54) is 7.11 Å². The minimum atomic E-state index is -0.538. The summed E-state index contributed by atoms with van der Waals surface area (Å²) in [7, 11) is 1.39. The van der Waals surface area contributed by atoms with Gasteiger partial charge >= 0.3 is 0 Å². The summed E-state index contributed by atoms with van der Waals surface area (Å²) < 4.78 is 0. The van der Waals surface area contributed by atoms with Crippen molar-refractivity contribution in [2.75, 3.05) is 13.7 Å². The molecule has 0 saturated carbocycles. The van der Waals surface area contributed by atoms with E-state index in [-0.39, 0.29) is 5.82 Å². The Bertz CT molecular complexity index is 450. The maximum Gasteiger partial charge on any atom is 0.276 e. The number of hydrogen-bond donors (Lipinski definition) is 1. The predicted molar refractivity (Wildman–Crippen MR) is 70.6 cm³/mol. The summed E-state index contributed by atoms with van der Waals surface area (Å²) in [5.74, 6) is 0.268. The van der Waals surface area contributed by atoms with Gasteiger partial charge in [-0.05, 0) is 18.6 Å². The van der Waals surface area contributed by atoms with Crippen molar-refractivity contribution in [2.24, 2.45) is 0 Å². The van der Waals surface area contributed by atoms with E-state index < -0.39 is 4.92 Å². The number of aromatic nitrogens is 1. The Morgan fingerprint density at radius 2 is 2.42 bits per heavy atom. The highest BCUT2D eigenvalue weighted by molar-refractivity contribution is 6.29.